The van der Waals surface area contributed by atoms with Crippen LogP contribution in [0.3, 0.4) is 0 Å². The number of benzene rings is 2. The lowest BCUT2D eigenvalue weighted by Crippen LogP contribution is -2.36. The summed E-state index contributed by atoms with van der Waals surface area (Å²) in [5.41, 5.74) is 4.39. The van der Waals surface area contributed by atoms with Gasteiger partial charge in [-0.2, -0.15) is 0 Å². The van der Waals surface area contributed by atoms with Crippen molar-refractivity contribution in [1.29, 1.82) is 0 Å². The lowest BCUT2D eigenvalue weighted by atomic mass is 9.97. The minimum Gasteiger partial charge on any atom is -0.308 e. The molecule has 0 saturated carbocycles. The molecule has 108 valence electrons. The summed E-state index contributed by atoms with van der Waals surface area (Å²) in [6.07, 6.45) is 4.11. The third-order valence-corrected chi connectivity index (χ3v) is 4.80. The van der Waals surface area contributed by atoms with E-state index in [1.54, 1.807) is 11.8 Å². The Bertz CT molecular complexity index is 681. The van der Waals surface area contributed by atoms with Crippen molar-refractivity contribution in [3.05, 3.63) is 59.2 Å². The maximum atomic E-state index is 13.0. The van der Waals surface area contributed by atoms with Crippen LogP contribution < -0.4 is 4.90 Å². The van der Waals surface area contributed by atoms with Crippen LogP contribution >= 0.6 is 11.8 Å². The third-order valence-electron chi connectivity index (χ3n) is 4.00. The Labute approximate surface area is 130 Å². The van der Waals surface area contributed by atoms with Crippen molar-refractivity contribution in [3.8, 4) is 0 Å². The number of thioether (sulfide) groups is 1. The van der Waals surface area contributed by atoms with Crippen LogP contribution in [0.4, 0.5) is 5.69 Å². The molecule has 0 atom stereocenters. The van der Waals surface area contributed by atoms with Gasteiger partial charge in [0.15, 0.2) is 0 Å². The third kappa shape index (κ3) is 2.58. The Morgan fingerprint density at radius 1 is 1.14 bits per heavy atom. The predicted molar refractivity (Wildman–Crippen MR) is 89.4 cm³/mol. The van der Waals surface area contributed by atoms with Crippen molar-refractivity contribution >= 4 is 23.4 Å². The quantitative estimate of drug-likeness (QED) is 0.770. The van der Waals surface area contributed by atoms with Crippen LogP contribution in [0.15, 0.2) is 47.4 Å². The summed E-state index contributed by atoms with van der Waals surface area (Å²) in [7, 11) is 0. The topological polar surface area (TPSA) is 20.3 Å². The largest absolute Gasteiger partial charge is 0.308 e. The Kier molecular flexibility index (Phi) is 4.02. The zero-order chi connectivity index (χ0) is 14.8. The molecule has 0 aliphatic carbocycles. The first-order chi connectivity index (χ1) is 10.2. The van der Waals surface area contributed by atoms with E-state index in [0.717, 1.165) is 35.5 Å². The van der Waals surface area contributed by atoms with Gasteiger partial charge in [0.1, 0.15) is 0 Å². The van der Waals surface area contributed by atoms with Crippen LogP contribution in [-0.2, 0) is 6.42 Å². The molecule has 2 nitrogen and oxygen atoms in total. The van der Waals surface area contributed by atoms with E-state index >= 15 is 0 Å². The molecular formula is C18H19NOS. The summed E-state index contributed by atoms with van der Waals surface area (Å²) in [6.45, 7) is 2.89. The number of aryl methyl sites for hydroxylation is 2. The number of anilines is 1. The van der Waals surface area contributed by atoms with Gasteiger partial charge in [0.2, 0.25) is 0 Å². The van der Waals surface area contributed by atoms with Gasteiger partial charge in [0.25, 0.3) is 5.91 Å². The van der Waals surface area contributed by atoms with Gasteiger partial charge in [0, 0.05) is 11.4 Å². The van der Waals surface area contributed by atoms with Crippen LogP contribution in [0.25, 0.3) is 0 Å². The lowest BCUT2D eigenvalue weighted by Gasteiger charge is -2.31. The summed E-state index contributed by atoms with van der Waals surface area (Å²) in [5, 5.41) is 0. The van der Waals surface area contributed by atoms with E-state index in [4.69, 9.17) is 0 Å². The van der Waals surface area contributed by atoms with Crippen molar-refractivity contribution in [2.75, 3.05) is 17.7 Å². The van der Waals surface area contributed by atoms with Gasteiger partial charge >= 0.3 is 0 Å². The maximum Gasteiger partial charge on any atom is 0.259 e. The van der Waals surface area contributed by atoms with Crippen molar-refractivity contribution in [1.82, 2.24) is 0 Å². The molecule has 1 aliphatic heterocycles. The van der Waals surface area contributed by atoms with Crippen LogP contribution in [0.5, 0.6) is 0 Å². The molecule has 2 aromatic carbocycles. The molecule has 1 heterocycles. The second-order valence-electron chi connectivity index (χ2n) is 5.34. The van der Waals surface area contributed by atoms with Gasteiger partial charge in [-0.3, -0.25) is 4.79 Å². The highest BCUT2D eigenvalue weighted by Crippen LogP contribution is 2.33. The number of para-hydroxylation sites is 1. The number of carbonyl (C=O) groups is 1. The van der Waals surface area contributed by atoms with E-state index in [1.807, 2.05) is 35.4 Å². The Morgan fingerprint density at radius 2 is 1.95 bits per heavy atom. The number of nitrogens with zero attached hydrogens (tertiary/aromatic N) is 1. The minimum atomic E-state index is 0.121. The SMILES string of the molecule is CSc1ccccc1C(=O)N1CCCc2cccc(C)c21. The molecule has 0 spiro atoms. The van der Waals surface area contributed by atoms with Crippen molar-refractivity contribution in [2.24, 2.45) is 0 Å². The highest BCUT2D eigenvalue weighted by molar-refractivity contribution is 7.98. The zero-order valence-electron chi connectivity index (χ0n) is 12.4. The second-order valence-corrected chi connectivity index (χ2v) is 6.19. The molecule has 0 saturated heterocycles. The number of hydrogen-bond acceptors (Lipinski definition) is 2. The highest BCUT2D eigenvalue weighted by Gasteiger charge is 2.26. The standard InChI is InChI=1S/C18H19NOS/c1-13-7-5-8-14-9-6-12-19(17(13)14)18(20)15-10-3-4-11-16(15)21-2/h3-5,7-8,10-11H,6,9,12H2,1-2H3. The molecule has 0 bridgehead atoms. The van der Waals surface area contributed by atoms with E-state index in [2.05, 4.69) is 25.1 Å². The van der Waals surface area contributed by atoms with E-state index < -0.39 is 0 Å². The van der Waals surface area contributed by atoms with Gasteiger partial charge in [-0.1, -0.05) is 30.3 Å². The molecule has 0 radical (unpaired) electrons. The van der Waals surface area contributed by atoms with E-state index in [-0.39, 0.29) is 5.91 Å². The summed E-state index contributed by atoms with van der Waals surface area (Å²) in [4.78, 5) is 16.0. The molecular weight excluding hydrogens is 278 g/mol. The molecule has 0 N–H and O–H groups in total. The van der Waals surface area contributed by atoms with Gasteiger partial charge in [0.05, 0.1) is 11.3 Å². The molecule has 0 aromatic heterocycles. The first-order valence-corrected chi connectivity index (χ1v) is 8.48. The Hall–Kier alpha value is -1.74. The second kappa shape index (κ2) is 5.94. The Morgan fingerprint density at radius 3 is 2.76 bits per heavy atom. The van der Waals surface area contributed by atoms with Gasteiger partial charge in [-0.05, 0) is 49.3 Å². The van der Waals surface area contributed by atoms with E-state index in [1.165, 1.54) is 11.1 Å². The maximum absolute atomic E-state index is 13.0. The predicted octanol–water partition coefficient (Wildman–Crippen LogP) is 4.31. The number of fused-ring (bicyclic) bond motifs is 1. The molecule has 3 heteroatoms. The van der Waals surface area contributed by atoms with E-state index in [9.17, 15) is 4.79 Å². The fourth-order valence-electron chi connectivity index (χ4n) is 3.02. The molecule has 1 amide bonds. The summed E-state index contributed by atoms with van der Waals surface area (Å²) < 4.78 is 0. The number of amides is 1. The Balaban J connectivity index is 2.05. The molecule has 2 aromatic rings. The molecule has 0 fully saturated rings. The number of hydrogen-bond donors (Lipinski definition) is 0. The average Bonchev–Trinajstić information content (AvgIpc) is 2.54. The fraction of sp³-hybridized carbons (Fsp3) is 0.278. The zero-order valence-corrected chi connectivity index (χ0v) is 13.2. The first kappa shape index (κ1) is 14.2. The first-order valence-electron chi connectivity index (χ1n) is 7.25. The van der Waals surface area contributed by atoms with Gasteiger partial charge in [-0.25, -0.2) is 0 Å². The fourth-order valence-corrected chi connectivity index (χ4v) is 3.61. The highest BCUT2D eigenvalue weighted by atomic mass is 32.2. The van der Waals surface area contributed by atoms with Crippen molar-refractivity contribution < 1.29 is 4.79 Å². The van der Waals surface area contributed by atoms with Gasteiger partial charge in [-0.15, -0.1) is 11.8 Å². The summed E-state index contributed by atoms with van der Waals surface area (Å²) >= 11 is 1.63. The normalized spacial score (nSPS) is 13.9. The number of rotatable bonds is 2. The van der Waals surface area contributed by atoms with Crippen molar-refractivity contribution in [2.45, 2.75) is 24.7 Å². The molecule has 21 heavy (non-hydrogen) atoms. The average molecular weight is 297 g/mol. The minimum absolute atomic E-state index is 0.121. The van der Waals surface area contributed by atoms with Crippen LogP contribution in [0, 0.1) is 6.92 Å². The molecule has 0 unspecified atom stereocenters. The van der Waals surface area contributed by atoms with Crippen LogP contribution in [0.2, 0.25) is 0 Å². The number of carbonyl (C=O) groups excluding carboxylic acids is 1. The van der Waals surface area contributed by atoms with Gasteiger partial charge < -0.3 is 4.90 Å². The summed E-state index contributed by atoms with van der Waals surface area (Å²) in [6, 6.07) is 14.2. The molecule has 1 aliphatic rings. The molecule has 3 rings (SSSR count). The smallest absolute Gasteiger partial charge is 0.259 e. The van der Waals surface area contributed by atoms with Crippen LogP contribution in [0.1, 0.15) is 27.9 Å². The van der Waals surface area contributed by atoms with Crippen LogP contribution in [-0.4, -0.2) is 18.7 Å². The van der Waals surface area contributed by atoms with Crippen molar-refractivity contribution in [3.63, 3.8) is 0 Å². The summed E-state index contributed by atoms with van der Waals surface area (Å²) in [5.74, 6) is 0.121. The van der Waals surface area contributed by atoms with E-state index in [0.29, 0.717) is 0 Å². The monoisotopic (exact) mass is 297 g/mol. The lowest BCUT2D eigenvalue weighted by molar-refractivity contribution is 0.0982.